The highest BCUT2D eigenvalue weighted by Gasteiger charge is 2.06. The number of aromatic amines is 1. The van der Waals surface area contributed by atoms with Crippen LogP contribution in [0.15, 0.2) is 18.5 Å². The molecule has 0 aromatic carbocycles. The van der Waals surface area contributed by atoms with Crippen molar-refractivity contribution in [3.05, 3.63) is 24.2 Å². The van der Waals surface area contributed by atoms with Crippen LogP contribution in [0.3, 0.4) is 0 Å². The van der Waals surface area contributed by atoms with Crippen molar-refractivity contribution in [2.24, 2.45) is 0 Å². The molecular weight excluding hydrogens is 150 g/mol. The van der Waals surface area contributed by atoms with Gasteiger partial charge in [0.2, 0.25) is 0 Å². The molecule has 3 nitrogen and oxygen atoms in total. The summed E-state index contributed by atoms with van der Waals surface area (Å²) in [6.45, 7) is 4.26. The van der Waals surface area contributed by atoms with Crippen LogP contribution in [0.2, 0.25) is 0 Å². The van der Waals surface area contributed by atoms with Crippen LogP contribution in [-0.2, 0) is 0 Å². The van der Waals surface area contributed by atoms with Gasteiger partial charge < -0.3 is 0 Å². The van der Waals surface area contributed by atoms with Crippen LogP contribution in [0.1, 0.15) is 25.5 Å². The first-order valence-electron chi connectivity index (χ1n) is 4.07. The molecule has 0 fully saturated rings. The summed E-state index contributed by atoms with van der Waals surface area (Å²) in [6, 6.07) is 1.96. The van der Waals surface area contributed by atoms with Crippen LogP contribution < -0.4 is 0 Å². The summed E-state index contributed by atoms with van der Waals surface area (Å²) in [7, 11) is 0. The second-order valence-corrected chi connectivity index (χ2v) is 3.19. The lowest BCUT2D eigenvalue weighted by Gasteiger charge is -2.03. The Morgan fingerprint density at radius 1 is 1.42 bits per heavy atom. The zero-order valence-electron chi connectivity index (χ0n) is 7.20. The average molecular weight is 161 g/mol. The molecule has 62 valence electrons. The van der Waals surface area contributed by atoms with Crippen molar-refractivity contribution < 1.29 is 0 Å². The summed E-state index contributed by atoms with van der Waals surface area (Å²) in [5, 5.41) is 8.07. The van der Waals surface area contributed by atoms with Crippen LogP contribution in [0.5, 0.6) is 0 Å². The molecule has 0 bridgehead atoms. The van der Waals surface area contributed by atoms with Crippen LogP contribution in [-0.4, -0.2) is 15.2 Å². The lowest BCUT2D eigenvalue weighted by atomic mass is 10.1. The van der Waals surface area contributed by atoms with Crippen molar-refractivity contribution in [1.82, 2.24) is 15.2 Å². The van der Waals surface area contributed by atoms with Crippen molar-refractivity contribution in [1.29, 1.82) is 0 Å². The van der Waals surface area contributed by atoms with E-state index in [1.54, 1.807) is 0 Å². The molecular formula is C9H11N3. The Hall–Kier alpha value is -1.38. The first-order valence-corrected chi connectivity index (χ1v) is 4.07. The number of nitrogens with one attached hydrogen (secondary N) is 1. The SMILES string of the molecule is CC(C)c1nccc2cn[nH]c12. The summed E-state index contributed by atoms with van der Waals surface area (Å²) in [6.07, 6.45) is 3.65. The largest absolute Gasteiger partial charge is 0.276 e. The number of nitrogens with zero attached hydrogens (tertiary/aromatic N) is 2. The number of hydrogen-bond acceptors (Lipinski definition) is 2. The predicted octanol–water partition coefficient (Wildman–Crippen LogP) is 2.08. The highest BCUT2D eigenvalue weighted by Crippen LogP contribution is 2.19. The van der Waals surface area contributed by atoms with Gasteiger partial charge in [0.15, 0.2) is 0 Å². The van der Waals surface area contributed by atoms with E-state index in [0.29, 0.717) is 5.92 Å². The number of aromatic nitrogens is 3. The van der Waals surface area contributed by atoms with Gasteiger partial charge in [-0.1, -0.05) is 13.8 Å². The van der Waals surface area contributed by atoms with Crippen LogP contribution in [0.25, 0.3) is 10.9 Å². The second-order valence-electron chi connectivity index (χ2n) is 3.19. The first-order chi connectivity index (χ1) is 5.79. The molecule has 0 saturated carbocycles. The van der Waals surface area contributed by atoms with Crippen molar-refractivity contribution in [3.8, 4) is 0 Å². The zero-order valence-corrected chi connectivity index (χ0v) is 7.20. The van der Waals surface area contributed by atoms with E-state index < -0.39 is 0 Å². The number of fused-ring (bicyclic) bond motifs is 1. The fourth-order valence-corrected chi connectivity index (χ4v) is 1.33. The number of pyridine rings is 1. The Kier molecular flexibility index (Phi) is 1.57. The second kappa shape index (κ2) is 2.59. The van der Waals surface area contributed by atoms with Gasteiger partial charge in [0.05, 0.1) is 17.4 Å². The maximum atomic E-state index is 4.31. The quantitative estimate of drug-likeness (QED) is 0.695. The fourth-order valence-electron chi connectivity index (χ4n) is 1.33. The lowest BCUT2D eigenvalue weighted by molar-refractivity contribution is 0.829. The highest BCUT2D eigenvalue weighted by atomic mass is 15.1. The van der Waals surface area contributed by atoms with E-state index in [0.717, 1.165) is 16.6 Å². The van der Waals surface area contributed by atoms with E-state index in [1.165, 1.54) is 0 Å². The van der Waals surface area contributed by atoms with E-state index in [1.807, 2.05) is 18.5 Å². The molecule has 0 saturated heterocycles. The third-order valence-electron chi connectivity index (χ3n) is 1.94. The molecule has 0 unspecified atom stereocenters. The topological polar surface area (TPSA) is 41.6 Å². The molecule has 0 amide bonds. The lowest BCUT2D eigenvalue weighted by Crippen LogP contribution is -1.92. The summed E-state index contributed by atoms with van der Waals surface area (Å²) < 4.78 is 0. The fraction of sp³-hybridized carbons (Fsp3) is 0.333. The van der Waals surface area contributed by atoms with Crippen LogP contribution >= 0.6 is 0 Å². The summed E-state index contributed by atoms with van der Waals surface area (Å²) in [5.41, 5.74) is 2.15. The monoisotopic (exact) mass is 161 g/mol. The van der Waals surface area contributed by atoms with E-state index in [-0.39, 0.29) is 0 Å². The van der Waals surface area contributed by atoms with Gasteiger partial charge in [-0.25, -0.2) is 0 Å². The van der Waals surface area contributed by atoms with Crippen molar-refractivity contribution in [2.75, 3.05) is 0 Å². The molecule has 0 aliphatic heterocycles. The van der Waals surface area contributed by atoms with Crippen molar-refractivity contribution in [3.63, 3.8) is 0 Å². The maximum absolute atomic E-state index is 4.31. The molecule has 2 heterocycles. The third kappa shape index (κ3) is 0.978. The standard InChI is InChI=1S/C9H11N3/c1-6(2)8-9-7(3-4-10-8)5-11-12-9/h3-6H,1-2H3,(H,11,12). The predicted molar refractivity (Wildman–Crippen MR) is 48.0 cm³/mol. The number of hydrogen-bond donors (Lipinski definition) is 1. The van der Waals surface area contributed by atoms with E-state index >= 15 is 0 Å². The summed E-state index contributed by atoms with van der Waals surface area (Å²) in [5.74, 6) is 0.439. The summed E-state index contributed by atoms with van der Waals surface area (Å²) in [4.78, 5) is 4.31. The number of H-pyrrole nitrogens is 1. The molecule has 0 aliphatic carbocycles. The number of rotatable bonds is 1. The Bertz CT molecular complexity index is 389. The smallest absolute Gasteiger partial charge is 0.0868 e. The van der Waals surface area contributed by atoms with E-state index in [4.69, 9.17) is 0 Å². The van der Waals surface area contributed by atoms with Gasteiger partial charge in [-0.2, -0.15) is 5.10 Å². The van der Waals surface area contributed by atoms with Crippen molar-refractivity contribution >= 4 is 10.9 Å². The highest BCUT2D eigenvalue weighted by molar-refractivity contribution is 5.79. The minimum Gasteiger partial charge on any atom is -0.276 e. The average Bonchev–Trinajstić information content (AvgIpc) is 2.49. The maximum Gasteiger partial charge on any atom is 0.0868 e. The first kappa shape index (κ1) is 7.28. The van der Waals surface area contributed by atoms with Gasteiger partial charge >= 0.3 is 0 Å². The van der Waals surface area contributed by atoms with Crippen LogP contribution in [0, 0.1) is 0 Å². The molecule has 3 heteroatoms. The zero-order chi connectivity index (χ0) is 8.55. The Morgan fingerprint density at radius 2 is 2.25 bits per heavy atom. The van der Waals surface area contributed by atoms with Gasteiger partial charge in [0.1, 0.15) is 0 Å². The molecule has 0 spiro atoms. The van der Waals surface area contributed by atoms with Gasteiger partial charge in [0.25, 0.3) is 0 Å². The molecule has 1 N–H and O–H groups in total. The molecule has 2 aromatic heterocycles. The van der Waals surface area contributed by atoms with Gasteiger partial charge in [-0.3, -0.25) is 10.1 Å². The minimum absolute atomic E-state index is 0.439. The Labute approximate surface area is 70.8 Å². The molecule has 2 rings (SSSR count). The van der Waals surface area contributed by atoms with Gasteiger partial charge in [-0.05, 0) is 12.0 Å². The van der Waals surface area contributed by atoms with E-state index in [2.05, 4.69) is 29.0 Å². The van der Waals surface area contributed by atoms with Gasteiger partial charge in [-0.15, -0.1) is 0 Å². The normalized spacial score (nSPS) is 11.2. The Morgan fingerprint density at radius 3 is 3.00 bits per heavy atom. The van der Waals surface area contributed by atoms with E-state index in [9.17, 15) is 0 Å². The molecule has 0 atom stereocenters. The molecule has 0 aliphatic rings. The molecule has 0 radical (unpaired) electrons. The third-order valence-corrected chi connectivity index (χ3v) is 1.94. The van der Waals surface area contributed by atoms with Gasteiger partial charge in [0, 0.05) is 11.6 Å². The minimum atomic E-state index is 0.439. The molecule has 12 heavy (non-hydrogen) atoms. The molecule has 2 aromatic rings. The Balaban J connectivity index is 2.73. The van der Waals surface area contributed by atoms with Crippen molar-refractivity contribution in [2.45, 2.75) is 19.8 Å². The summed E-state index contributed by atoms with van der Waals surface area (Å²) >= 11 is 0. The van der Waals surface area contributed by atoms with Crippen LogP contribution in [0.4, 0.5) is 0 Å².